The highest BCUT2D eigenvalue weighted by Crippen LogP contribution is 2.11. The molecule has 0 N–H and O–H groups in total. The predicted molar refractivity (Wildman–Crippen MR) is 55.2 cm³/mol. The number of hydrogen-bond acceptors (Lipinski definition) is 5. The molecule has 0 saturated heterocycles. The van der Waals surface area contributed by atoms with Crippen molar-refractivity contribution in [1.82, 2.24) is 15.0 Å². The largest absolute Gasteiger partial charge is 0.341 e. The molecular weight excluding hydrogens is 184 g/mol. The Morgan fingerprint density at radius 2 is 2.00 bits per heavy atom. The van der Waals surface area contributed by atoms with Crippen LogP contribution in [0.3, 0.4) is 0 Å². The maximum atomic E-state index is 4.30. The van der Waals surface area contributed by atoms with E-state index in [1.807, 2.05) is 6.26 Å². The fourth-order valence-corrected chi connectivity index (χ4v) is 1.36. The number of nitrogens with zero attached hydrogens (tertiary/aromatic N) is 4. The average molecular weight is 198 g/mol. The van der Waals surface area contributed by atoms with Crippen molar-refractivity contribution in [2.75, 3.05) is 24.2 Å². The molecule has 0 aliphatic heterocycles. The first-order valence-electron chi connectivity index (χ1n) is 4.29. The quantitative estimate of drug-likeness (QED) is 0.685. The van der Waals surface area contributed by atoms with E-state index < -0.39 is 0 Å². The van der Waals surface area contributed by atoms with Crippen molar-refractivity contribution < 1.29 is 0 Å². The summed E-state index contributed by atoms with van der Waals surface area (Å²) in [6.07, 6.45) is 3.52. The van der Waals surface area contributed by atoms with Crippen molar-refractivity contribution in [1.29, 1.82) is 0 Å². The Hall–Kier alpha value is -0.840. The van der Waals surface area contributed by atoms with Crippen LogP contribution in [0.25, 0.3) is 0 Å². The van der Waals surface area contributed by atoms with Gasteiger partial charge in [-0.05, 0) is 20.1 Å². The summed E-state index contributed by atoms with van der Waals surface area (Å²) in [6, 6.07) is 0. The molecule has 0 aliphatic carbocycles. The predicted octanol–water partition coefficient (Wildman–Crippen LogP) is 1.44. The topological polar surface area (TPSA) is 41.9 Å². The van der Waals surface area contributed by atoms with E-state index in [0.29, 0.717) is 0 Å². The van der Waals surface area contributed by atoms with Gasteiger partial charge in [-0.15, -0.1) is 0 Å². The minimum absolute atomic E-state index is 0.768. The summed E-state index contributed by atoms with van der Waals surface area (Å²) in [6.45, 7) is 6.03. The molecule has 13 heavy (non-hydrogen) atoms. The average Bonchev–Trinajstić information content (AvgIpc) is 2.20. The Balaban J connectivity index is 2.86. The molecule has 0 aromatic carbocycles. The summed E-state index contributed by atoms with van der Waals surface area (Å²) in [7, 11) is 0. The molecule has 0 unspecified atom stereocenters. The van der Waals surface area contributed by atoms with Crippen LogP contribution in [-0.4, -0.2) is 34.3 Å². The Bertz CT molecular complexity index is 262. The second-order valence-electron chi connectivity index (χ2n) is 2.44. The molecule has 0 atom stereocenters. The van der Waals surface area contributed by atoms with Gasteiger partial charge in [-0.3, -0.25) is 0 Å². The van der Waals surface area contributed by atoms with Gasteiger partial charge in [0, 0.05) is 13.1 Å². The van der Waals surface area contributed by atoms with Crippen LogP contribution in [0.15, 0.2) is 11.5 Å². The monoisotopic (exact) mass is 198 g/mol. The molecule has 5 heteroatoms. The van der Waals surface area contributed by atoms with Crippen LogP contribution in [0.2, 0.25) is 0 Å². The standard InChI is InChI=1S/C8H14N4S/c1-4-12(5-2)7-9-6-10-8(11-7)13-3/h6H,4-5H2,1-3H3. The summed E-state index contributed by atoms with van der Waals surface area (Å²) in [4.78, 5) is 14.5. The second kappa shape index (κ2) is 5.01. The Morgan fingerprint density at radius 3 is 2.54 bits per heavy atom. The highest BCUT2D eigenvalue weighted by molar-refractivity contribution is 7.98. The van der Waals surface area contributed by atoms with Gasteiger partial charge in [0.1, 0.15) is 6.33 Å². The van der Waals surface area contributed by atoms with Crippen LogP contribution < -0.4 is 4.90 Å². The van der Waals surface area contributed by atoms with E-state index in [0.717, 1.165) is 24.2 Å². The van der Waals surface area contributed by atoms with Gasteiger partial charge in [-0.25, -0.2) is 9.97 Å². The molecule has 0 fully saturated rings. The first-order valence-corrected chi connectivity index (χ1v) is 5.52. The maximum absolute atomic E-state index is 4.30. The summed E-state index contributed by atoms with van der Waals surface area (Å²) in [5.74, 6) is 0.768. The lowest BCUT2D eigenvalue weighted by Crippen LogP contribution is -2.24. The molecule has 1 rings (SSSR count). The lowest BCUT2D eigenvalue weighted by Gasteiger charge is -2.17. The molecule has 0 aliphatic rings. The molecule has 4 nitrogen and oxygen atoms in total. The zero-order valence-electron chi connectivity index (χ0n) is 8.19. The third-order valence-electron chi connectivity index (χ3n) is 1.77. The Kier molecular flexibility index (Phi) is 3.95. The molecular formula is C8H14N4S. The van der Waals surface area contributed by atoms with Crippen LogP contribution in [-0.2, 0) is 0 Å². The number of aromatic nitrogens is 3. The number of anilines is 1. The molecule has 1 aromatic rings. The first kappa shape index (κ1) is 10.2. The van der Waals surface area contributed by atoms with E-state index in [2.05, 4.69) is 33.7 Å². The van der Waals surface area contributed by atoms with Gasteiger partial charge in [0.2, 0.25) is 5.95 Å². The van der Waals surface area contributed by atoms with E-state index in [1.54, 1.807) is 6.33 Å². The van der Waals surface area contributed by atoms with Crippen LogP contribution >= 0.6 is 11.8 Å². The molecule has 0 bridgehead atoms. The first-order chi connectivity index (χ1) is 6.31. The summed E-state index contributed by atoms with van der Waals surface area (Å²) in [5.41, 5.74) is 0. The van der Waals surface area contributed by atoms with E-state index in [9.17, 15) is 0 Å². The van der Waals surface area contributed by atoms with E-state index in [1.165, 1.54) is 11.8 Å². The molecule has 0 saturated carbocycles. The van der Waals surface area contributed by atoms with Crippen LogP contribution in [0.1, 0.15) is 13.8 Å². The van der Waals surface area contributed by atoms with Crippen molar-refractivity contribution in [3.05, 3.63) is 6.33 Å². The molecule has 1 aromatic heterocycles. The minimum Gasteiger partial charge on any atom is -0.341 e. The van der Waals surface area contributed by atoms with E-state index >= 15 is 0 Å². The second-order valence-corrected chi connectivity index (χ2v) is 3.22. The van der Waals surface area contributed by atoms with Crippen molar-refractivity contribution in [2.45, 2.75) is 19.0 Å². The maximum Gasteiger partial charge on any atom is 0.229 e. The molecule has 1 heterocycles. The fraction of sp³-hybridized carbons (Fsp3) is 0.625. The number of thioether (sulfide) groups is 1. The zero-order valence-corrected chi connectivity index (χ0v) is 9.01. The van der Waals surface area contributed by atoms with Crippen molar-refractivity contribution in [2.24, 2.45) is 0 Å². The fourth-order valence-electron chi connectivity index (χ4n) is 1.03. The van der Waals surface area contributed by atoms with Crippen molar-refractivity contribution >= 4 is 17.7 Å². The minimum atomic E-state index is 0.768. The normalized spacial score (nSPS) is 10.1. The summed E-state index contributed by atoms with van der Waals surface area (Å²) in [5, 5.41) is 0.775. The SMILES string of the molecule is CCN(CC)c1ncnc(SC)n1. The molecule has 0 amide bonds. The van der Waals surface area contributed by atoms with Crippen LogP contribution in [0.5, 0.6) is 0 Å². The molecule has 0 radical (unpaired) electrons. The van der Waals surface area contributed by atoms with Crippen molar-refractivity contribution in [3.8, 4) is 0 Å². The third-order valence-corrected chi connectivity index (χ3v) is 2.33. The van der Waals surface area contributed by atoms with Gasteiger partial charge < -0.3 is 4.90 Å². The van der Waals surface area contributed by atoms with Crippen molar-refractivity contribution in [3.63, 3.8) is 0 Å². The Labute approximate surface area is 82.8 Å². The number of hydrogen-bond donors (Lipinski definition) is 0. The smallest absolute Gasteiger partial charge is 0.229 e. The summed E-state index contributed by atoms with van der Waals surface area (Å²) >= 11 is 1.53. The van der Waals surface area contributed by atoms with Gasteiger partial charge in [-0.1, -0.05) is 11.8 Å². The molecule has 0 spiro atoms. The molecule has 72 valence electrons. The van der Waals surface area contributed by atoms with E-state index in [4.69, 9.17) is 0 Å². The highest BCUT2D eigenvalue weighted by atomic mass is 32.2. The van der Waals surface area contributed by atoms with Crippen LogP contribution in [0, 0.1) is 0 Å². The number of rotatable bonds is 4. The van der Waals surface area contributed by atoms with Crippen LogP contribution in [0.4, 0.5) is 5.95 Å². The van der Waals surface area contributed by atoms with Gasteiger partial charge in [-0.2, -0.15) is 4.98 Å². The zero-order chi connectivity index (χ0) is 9.68. The Morgan fingerprint density at radius 1 is 1.31 bits per heavy atom. The lowest BCUT2D eigenvalue weighted by atomic mass is 10.5. The lowest BCUT2D eigenvalue weighted by molar-refractivity contribution is 0.782. The highest BCUT2D eigenvalue weighted by Gasteiger charge is 2.05. The van der Waals surface area contributed by atoms with E-state index in [-0.39, 0.29) is 0 Å². The van der Waals surface area contributed by atoms with Gasteiger partial charge >= 0.3 is 0 Å². The third kappa shape index (κ3) is 2.55. The van der Waals surface area contributed by atoms with Gasteiger partial charge in [0.15, 0.2) is 5.16 Å². The van der Waals surface area contributed by atoms with Gasteiger partial charge in [0.05, 0.1) is 0 Å². The summed E-state index contributed by atoms with van der Waals surface area (Å²) < 4.78 is 0. The van der Waals surface area contributed by atoms with Gasteiger partial charge in [0.25, 0.3) is 0 Å².